The third-order valence-corrected chi connectivity index (χ3v) is 2.79. The Balaban J connectivity index is 2.25. The second kappa shape index (κ2) is 4.37. The zero-order valence-electron chi connectivity index (χ0n) is 8.45. The number of rotatable bonds is 1. The second-order valence-corrected chi connectivity index (χ2v) is 4.14. The molecular formula is C11H13ClFN2. The van der Waals surface area contributed by atoms with Crippen molar-refractivity contribution in [1.82, 2.24) is 5.32 Å². The van der Waals surface area contributed by atoms with Crippen LogP contribution in [0.4, 0.5) is 10.1 Å². The summed E-state index contributed by atoms with van der Waals surface area (Å²) in [5.74, 6) is -0.242. The highest BCUT2D eigenvalue weighted by Crippen LogP contribution is 2.26. The molecule has 4 heteroatoms. The second-order valence-electron chi connectivity index (χ2n) is 3.64. The lowest BCUT2D eigenvalue weighted by atomic mass is 10.2. The number of piperazine rings is 1. The first-order valence-electron chi connectivity index (χ1n) is 4.94. The molecule has 1 radical (unpaired) electrons. The molecule has 1 fully saturated rings. The van der Waals surface area contributed by atoms with E-state index in [-0.39, 0.29) is 17.4 Å². The fourth-order valence-corrected chi connectivity index (χ4v) is 1.92. The van der Waals surface area contributed by atoms with Crippen molar-refractivity contribution < 1.29 is 4.39 Å². The summed E-state index contributed by atoms with van der Waals surface area (Å²) in [7, 11) is 0. The first kappa shape index (κ1) is 10.7. The van der Waals surface area contributed by atoms with Crippen LogP contribution in [-0.2, 0) is 0 Å². The van der Waals surface area contributed by atoms with Crippen LogP contribution in [-0.4, -0.2) is 18.1 Å². The van der Waals surface area contributed by atoms with Gasteiger partial charge in [-0.15, -0.1) is 0 Å². The van der Waals surface area contributed by atoms with Crippen molar-refractivity contribution in [1.29, 1.82) is 0 Å². The van der Waals surface area contributed by atoms with Crippen molar-refractivity contribution in [2.24, 2.45) is 0 Å². The number of halogens is 2. The lowest BCUT2D eigenvalue weighted by molar-refractivity contribution is 0.506. The molecule has 2 rings (SSSR count). The van der Waals surface area contributed by atoms with Gasteiger partial charge in [-0.1, -0.05) is 23.7 Å². The molecule has 1 N–H and O–H groups in total. The minimum Gasteiger partial charge on any atom is -0.345 e. The summed E-state index contributed by atoms with van der Waals surface area (Å²) in [6.07, 6.45) is 0. The molecule has 1 aromatic carbocycles. The van der Waals surface area contributed by atoms with E-state index in [1.54, 1.807) is 17.0 Å². The lowest BCUT2D eigenvalue weighted by Gasteiger charge is -2.37. The normalized spacial score (nSPS) is 26.7. The number of nitrogens with one attached hydrogen (secondary N) is 1. The molecule has 1 aromatic rings. The standard InChI is InChI=1S/C11H13ClFN2/c1-8-7-15(11(12)6-14-8)10-5-3-2-4-9(10)13/h2-5,7-8,11,14H,6H2,1H3. The van der Waals surface area contributed by atoms with Crippen LogP contribution in [0.15, 0.2) is 24.3 Å². The summed E-state index contributed by atoms with van der Waals surface area (Å²) in [6, 6.07) is 6.87. The molecule has 0 bridgehead atoms. The Morgan fingerprint density at radius 2 is 2.20 bits per heavy atom. The first-order chi connectivity index (χ1) is 7.18. The Bertz CT molecular complexity index is 345. The van der Waals surface area contributed by atoms with Gasteiger partial charge in [-0.25, -0.2) is 4.39 Å². The summed E-state index contributed by atoms with van der Waals surface area (Å²) >= 11 is 6.12. The summed E-state index contributed by atoms with van der Waals surface area (Å²) in [5, 5.41) is 3.20. The van der Waals surface area contributed by atoms with Crippen molar-refractivity contribution >= 4 is 17.3 Å². The average Bonchev–Trinajstić information content (AvgIpc) is 2.23. The lowest BCUT2D eigenvalue weighted by Crippen LogP contribution is -2.50. The summed E-state index contributed by atoms with van der Waals surface area (Å²) in [4.78, 5) is 1.78. The molecule has 2 nitrogen and oxygen atoms in total. The molecule has 1 heterocycles. The fourth-order valence-electron chi connectivity index (χ4n) is 1.66. The molecule has 0 aliphatic carbocycles. The number of benzene rings is 1. The largest absolute Gasteiger partial charge is 0.345 e. The van der Waals surface area contributed by atoms with Crippen LogP contribution in [0.2, 0.25) is 0 Å². The third kappa shape index (κ3) is 2.24. The molecule has 2 atom stereocenters. The van der Waals surface area contributed by atoms with Crippen molar-refractivity contribution in [3.05, 3.63) is 36.6 Å². The van der Waals surface area contributed by atoms with E-state index in [1.807, 2.05) is 19.5 Å². The van der Waals surface area contributed by atoms with Gasteiger partial charge >= 0.3 is 0 Å². The zero-order valence-corrected chi connectivity index (χ0v) is 9.21. The molecular weight excluding hydrogens is 215 g/mol. The van der Waals surface area contributed by atoms with Crippen LogP contribution in [0, 0.1) is 12.4 Å². The van der Waals surface area contributed by atoms with Gasteiger partial charge in [0.05, 0.1) is 12.2 Å². The van der Waals surface area contributed by atoms with Crippen LogP contribution >= 0.6 is 11.6 Å². The predicted molar refractivity (Wildman–Crippen MR) is 60.3 cm³/mol. The van der Waals surface area contributed by atoms with Gasteiger partial charge in [0.2, 0.25) is 0 Å². The van der Waals surface area contributed by atoms with Crippen molar-refractivity contribution in [2.45, 2.75) is 18.5 Å². The number of hydrogen-bond acceptors (Lipinski definition) is 2. The fraction of sp³-hybridized carbons (Fsp3) is 0.364. The molecule has 15 heavy (non-hydrogen) atoms. The zero-order chi connectivity index (χ0) is 10.8. The summed E-state index contributed by atoms with van der Waals surface area (Å²) in [6.45, 7) is 4.56. The maximum Gasteiger partial charge on any atom is 0.146 e. The molecule has 0 amide bonds. The van der Waals surface area contributed by atoms with Gasteiger partial charge in [-0.2, -0.15) is 0 Å². The van der Waals surface area contributed by atoms with E-state index in [0.717, 1.165) is 0 Å². The molecule has 81 valence electrons. The van der Waals surface area contributed by atoms with Crippen LogP contribution < -0.4 is 10.2 Å². The molecule has 1 aliphatic heterocycles. The smallest absolute Gasteiger partial charge is 0.146 e. The van der Waals surface area contributed by atoms with Crippen molar-refractivity contribution in [3.8, 4) is 0 Å². The van der Waals surface area contributed by atoms with E-state index in [4.69, 9.17) is 11.6 Å². The predicted octanol–water partition coefficient (Wildman–Crippen LogP) is 2.35. The van der Waals surface area contributed by atoms with Gasteiger partial charge in [0.1, 0.15) is 11.3 Å². The molecule has 0 spiro atoms. The highest BCUT2D eigenvalue weighted by Gasteiger charge is 2.26. The quantitative estimate of drug-likeness (QED) is 0.585. The first-order valence-corrected chi connectivity index (χ1v) is 5.37. The van der Waals surface area contributed by atoms with Crippen LogP contribution in [0.25, 0.3) is 0 Å². The molecule has 0 saturated carbocycles. The topological polar surface area (TPSA) is 15.3 Å². The van der Waals surface area contributed by atoms with E-state index in [9.17, 15) is 4.39 Å². The molecule has 1 saturated heterocycles. The van der Waals surface area contributed by atoms with Gasteiger partial charge in [0.15, 0.2) is 0 Å². The van der Waals surface area contributed by atoms with E-state index >= 15 is 0 Å². The van der Waals surface area contributed by atoms with Gasteiger partial charge in [-0.05, 0) is 19.1 Å². The highest BCUT2D eigenvalue weighted by atomic mass is 35.5. The maximum absolute atomic E-state index is 13.5. The van der Waals surface area contributed by atoms with Crippen molar-refractivity contribution in [3.63, 3.8) is 0 Å². The van der Waals surface area contributed by atoms with Crippen LogP contribution in [0.1, 0.15) is 6.92 Å². The monoisotopic (exact) mass is 227 g/mol. The molecule has 1 aliphatic rings. The minimum absolute atomic E-state index is 0.208. The van der Waals surface area contributed by atoms with Gasteiger partial charge in [0, 0.05) is 12.6 Å². The number of hydrogen-bond donors (Lipinski definition) is 1. The Labute approximate surface area is 94.0 Å². The Morgan fingerprint density at radius 1 is 1.47 bits per heavy atom. The van der Waals surface area contributed by atoms with E-state index in [1.165, 1.54) is 6.07 Å². The maximum atomic E-state index is 13.5. The number of anilines is 1. The van der Waals surface area contributed by atoms with Crippen LogP contribution in [0.5, 0.6) is 0 Å². The van der Waals surface area contributed by atoms with E-state index in [0.29, 0.717) is 12.2 Å². The van der Waals surface area contributed by atoms with Gasteiger partial charge < -0.3 is 10.2 Å². The van der Waals surface area contributed by atoms with Crippen LogP contribution in [0.3, 0.4) is 0 Å². The number of alkyl halides is 1. The number of para-hydroxylation sites is 1. The Kier molecular flexibility index (Phi) is 3.12. The minimum atomic E-state index is -0.242. The molecule has 0 aromatic heterocycles. The van der Waals surface area contributed by atoms with Gasteiger partial charge in [0.25, 0.3) is 0 Å². The Hall–Kier alpha value is -0.800. The van der Waals surface area contributed by atoms with E-state index < -0.39 is 0 Å². The average molecular weight is 228 g/mol. The number of nitrogens with zero attached hydrogens (tertiary/aromatic N) is 1. The van der Waals surface area contributed by atoms with Gasteiger partial charge in [-0.3, -0.25) is 0 Å². The third-order valence-electron chi connectivity index (χ3n) is 2.42. The summed E-state index contributed by atoms with van der Waals surface area (Å²) in [5.41, 5.74) is 0.295. The summed E-state index contributed by atoms with van der Waals surface area (Å²) < 4.78 is 13.5. The Morgan fingerprint density at radius 3 is 2.93 bits per heavy atom. The van der Waals surface area contributed by atoms with E-state index in [2.05, 4.69) is 5.32 Å². The SMILES string of the molecule is CC1[CH]N(c2ccccc2F)C(Cl)CN1. The highest BCUT2D eigenvalue weighted by molar-refractivity contribution is 6.22. The molecule has 2 unspecified atom stereocenters. The van der Waals surface area contributed by atoms with Crippen molar-refractivity contribution in [2.75, 3.05) is 11.4 Å².